The van der Waals surface area contributed by atoms with Gasteiger partial charge in [-0.05, 0) is 36.7 Å². The van der Waals surface area contributed by atoms with Crippen LogP contribution in [0, 0.1) is 0 Å². The van der Waals surface area contributed by atoms with Gasteiger partial charge in [-0.3, -0.25) is 9.69 Å². The zero-order valence-electron chi connectivity index (χ0n) is 15.0. The quantitative estimate of drug-likeness (QED) is 0.736. The van der Waals surface area contributed by atoms with E-state index in [9.17, 15) is 13.2 Å². The van der Waals surface area contributed by atoms with E-state index in [0.717, 1.165) is 43.9 Å². The molecule has 26 heavy (non-hydrogen) atoms. The van der Waals surface area contributed by atoms with E-state index in [4.69, 9.17) is 0 Å². The van der Waals surface area contributed by atoms with E-state index in [1.165, 1.54) is 12.1 Å². The molecule has 0 radical (unpaired) electrons. The Hall–Kier alpha value is -1.80. The Balaban J connectivity index is 2.00. The molecule has 1 amide bonds. The lowest BCUT2D eigenvalue weighted by Gasteiger charge is -2.30. The van der Waals surface area contributed by atoms with Crippen molar-refractivity contribution in [2.75, 3.05) is 14.1 Å². The summed E-state index contributed by atoms with van der Waals surface area (Å²) in [6.07, 6.45) is 6.73. The predicted molar refractivity (Wildman–Crippen MR) is 104 cm³/mol. The zero-order chi connectivity index (χ0) is 18.7. The molecular weight excluding hydrogens is 370 g/mol. The maximum absolute atomic E-state index is 12.9. The predicted octanol–water partition coefficient (Wildman–Crippen LogP) is 3.04. The van der Waals surface area contributed by atoms with Crippen molar-refractivity contribution in [1.82, 2.24) is 9.80 Å². The first-order chi connectivity index (χ1) is 12.4. The van der Waals surface area contributed by atoms with Crippen LogP contribution in [-0.4, -0.2) is 49.4 Å². The molecule has 1 aliphatic carbocycles. The SMILES string of the molecule is CN(C)/C=C1\SC(=NS(=O)(=O)c2ccccc2)N(C2CCCCC2)C1=O. The number of amidine groups is 1. The molecule has 1 heterocycles. The monoisotopic (exact) mass is 393 g/mol. The second-order valence-corrected chi connectivity index (χ2v) is 9.30. The van der Waals surface area contributed by atoms with Gasteiger partial charge in [-0.1, -0.05) is 37.5 Å². The fourth-order valence-electron chi connectivity index (χ4n) is 3.18. The third kappa shape index (κ3) is 4.12. The average Bonchev–Trinajstić information content (AvgIpc) is 2.90. The van der Waals surface area contributed by atoms with Gasteiger partial charge in [0.2, 0.25) is 0 Å². The summed E-state index contributed by atoms with van der Waals surface area (Å²) in [6, 6.07) is 8.13. The number of benzene rings is 1. The van der Waals surface area contributed by atoms with Crippen molar-refractivity contribution >= 4 is 32.9 Å². The van der Waals surface area contributed by atoms with Gasteiger partial charge in [-0.15, -0.1) is 4.40 Å². The van der Waals surface area contributed by atoms with E-state index in [-0.39, 0.29) is 22.0 Å². The van der Waals surface area contributed by atoms with Crippen molar-refractivity contribution in [3.8, 4) is 0 Å². The van der Waals surface area contributed by atoms with Gasteiger partial charge in [0.05, 0.1) is 9.80 Å². The first kappa shape index (κ1) is 19.0. The Labute approximate surface area is 159 Å². The number of rotatable bonds is 4. The van der Waals surface area contributed by atoms with Crippen molar-refractivity contribution in [1.29, 1.82) is 0 Å². The van der Waals surface area contributed by atoms with E-state index >= 15 is 0 Å². The van der Waals surface area contributed by atoms with Gasteiger partial charge in [0.25, 0.3) is 15.9 Å². The van der Waals surface area contributed by atoms with E-state index in [2.05, 4.69) is 4.40 Å². The molecule has 2 fully saturated rings. The van der Waals surface area contributed by atoms with Gasteiger partial charge in [0.15, 0.2) is 5.17 Å². The van der Waals surface area contributed by atoms with Gasteiger partial charge in [0, 0.05) is 26.3 Å². The number of hydrogen-bond donors (Lipinski definition) is 0. The molecule has 0 atom stereocenters. The summed E-state index contributed by atoms with van der Waals surface area (Å²) in [7, 11) is -0.188. The maximum atomic E-state index is 12.9. The fraction of sp³-hybridized carbons (Fsp3) is 0.444. The van der Waals surface area contributed by atoms with E-state index in [1.807, 2.05) is 14.1 Å². The van der Waals surface area contributed by atoms with Crippen molar-refractivity contribution in [2.24, 2.45) is 4.40 Å². The minimum Gasteiger partial charge on any atom is -0.382 e. The van der Waals surface area contributed by atoms with Crippen molar-refractivity contribution in [3.63, 3.8) is 0 Å². The molecule has 3 rings (SSSR count). The molecule has 8 heteroatoms. The number of sulfonamides is 1. The minimum absolute atomic E-state index is 0.0153. The molecular formula is C18H23N3O3S2. The largest absolute Gasteiger partial charge is 0.382 e. The summed E-state index contributed by atoms with van der Waals surface area (Å²) in [5.74, 6) is -0.155. The summed E-state index contributed by atoms with van der Waals surface area (Å²) in [5.41, 5.74) is 0. The van der Waals surface area contributed by atoms with Crippen molar-refractivity contribution < 1.29 is 13.2 Å². The first-order valence-electron chi connectivity index (χ1n) is 8.68. The maximum Gasteiger partial charge on any atom is 0.284 e. The van der Waals surface area contributed by atoms with E-state index < -0.39 is 10.0 Å². The second kappa shape index (κ2) is 7.84. The molecule has 0 bridgehead atoms. The summed E-state index contributed by atoms with van der Waals surface area (Å²) in [5, 5.41) is 0.263. The van der Waals surface area contributed by atoms with Crippen LogP contribution in [0.3, 0.4) is 0 Å². The summed E-state index contributed by atoms with van der Waals surface area (Å²) < 4.78 is 29.4. The lowest BCUT2D eigenvalue weighted by atomic mass is 9.94. The highest BCUT2D eigenvalue weighted by atomic mass is 32.2. The molecule has 0 aromatic heterocycles. The van der Waals surface area contributed by atoms with Crippen LogP contribution in [0.1, 0.15) is 32.1 Å². The van der Waals surface area contributed by atoms with E-state index in [1.54, 1.807) is 34.2 Å². The topological polar surface area (TPSA) is 70.1 Å². The highest BCUT2D eigenvalue weighted by Gasteiger charge is 2.40. The number of carbonyl (C=O) groups is 1. The Morgan fingerprint density at radius 2 is 1.81 bits per heavy atom. The highest BCUT2D eigenvalue weighted by molar-refractivity contribution is 8.19. The van der Waals surface area contributed by atoms with Crippen molar-refractivity contribution in [3.05, 3.63) is 41.4 Å². The molecule has 1 saturated carbocycles. The number of amides is 1. The van der Waals surface area contributed by atoms with E-state index in [0.29, 0.717) is 4.91 Å². The third-order valence-corrected chi connectivity index (χ3v) is 6.76. The Bertz CT molecular complexity index is 826. The Morgan fingerprint density at radius 1 is 1.15 bits per heavy atom. The summed E-state index contributed by atoms with van der Waals surface area (Å²) in [6.45, 7) is 0. The number of hydrogen-bond acceptors (Lipinski definition) is 5. The molecule has 2 aliphatic rings. The number of nitrogens with zero attached hydrogens (tertiary/aromatic N) is 3. The normalized spacial score (nSPS) is 22.4. The first-order valence-corrected chi connectivity index (χ1v) is 10.9. The molecule has 1 aromatic carbocycles. The van der Waals surface area contributed by atoms with Crippen LogP contribution >= 0.6 is 11.8 Å². The molecule has 0 spiro atoms. The lowest BCUT2D eigenvalue weighted by Crippen LogP contribution is -2.40. The zero-order valence-corrected chi connectivity index (χ0v) is 16.6. The minimum atomic E-state index is -3.86. The molecule has 6 nitrogen and oxygen atoms in total. The lowest BCUT2D eigenvalue weighted by molar-refractivity contribution is -0.124. The Morgan fingerprint density at radius 3 is 2.42 bits per heavy atom. The second-order valence-electron chi connectivity index (χ2n) is 6.69. The van der Waals surface area contributed by atoms with Gasteiger partial charge in [-0.25, -0.2) is 0 Å². The van der Waals surface area contributed by atoms with Crippen molar-refractivity contribution in [2.45, 2.75) is 43.0 Å². The molecule has 140 valence electrons. The van der Waals surface area contributed by atoms with Crippen LogP contribution < -0.4 is 0 Å². The number of carbonyl (C=O) groups excluding carboxylic acids is 1. The summed E-state index contributed by atoms with van der Waals surface area (Å²) >= 11 is 1.14. The van der Waals surface area contributed by atoms with Crippen LogP contribution in [0.5, 0.6) is 0 Å². The Kier molecular flexibility index (Phi) is 5.72. The van der Waals surface area contributed by atoms with Gasteiger partial charge in [-0.2, -0.15) is 8.42 Å². The van der Waals surface area contributed by atoms with Crippen LogP contribution in [0.25, 0.3) is 0 Å². The molecule has 0 N–H and O–H groups in total. The molecule has 1 saturated heterocycles. The standard InChI is InChI=1S/C18H23N3O3S2/c1-20(2)13-16-17(22)21(14-9-5-3-6-10-14)18(25-16)19-26(23,24)15-11-7-4-8-12-15/h4,7-8,11-14H,3,5-6,9-10H2,1-2H3/b16-13-,19-18?. The summed E-state index contributed by atoms with van der Waals surface area (Å²) in [4.78, 5) is 16.9. The third-order valence-electron chi connectivity index (χ3n) is 4.39. The van der Waals surface area contributed by atoms with Crippen LogP contribution in [0.2, 0.25) is 0 Å². The highest BCUT2D eigenvalue weighted by Crippen LogP contribution is 2.37. The van der Waals surface area contributed by atoms with Crippen LogP contribution in [-0.2, 0) is 14.8 Å². The molecule has 1 aliphatic heterocycles. The van der Waals surface area contributed by atoms with Crippen LogP contribution in [0.15, 0.2) is 50.7 Å². The molecule has 1 aromatic rings. The molecule has 0 unspecified atom stereocenters. The fourth-order valence-corrected chi connectivity index (χ4v) is 5.50. The number of thioether (sulfide) groups is 1. The average molecular weight is 394 g/mol. The van der Waals surface area contributed by atoms with Gasteiger partial charge >= 0.3 is 0 Å². The smallest absolute Gasteiger partial charge is 0.284 e. The van der Waals surface area contributed by atoms with Gasteiger partial charge < -0.3 is 4.90 Å². The van der Waals surface area contributed by atoms with Gasteiger partial charge in [0.1, 0.15) is 0 Å². The van der Waals surface area contributed by atoms with Crippen LogP contribution in [0.4, 0.5) is 0 Å².